The molecule has 1 saturated heterocycles. The Labute approximate surface area is 149 Å². The van der Waals surface area contributed by atoms with Gasteiger partial charge in [0.05, 0.1) is 19.9 Å². The van der Waals surface area contributed by atoms with E-state index in [2.05, 4.69) is 9.84 Å². The molecule has 1 aromatic rings. The zero-order chi connectivity index (χ0) is 19.2. The fourth-order valence-corrected chi connectivity index (χ4v) is 3.39. The van der Waals surface area contributed by atoms with E-state index in [0.29, 0.717) is 5.75 Å². The molecule has 1 fully saturated rings. The molecule has 2 atom stereocenters. The minimum atomic E-state index is -1.65. The van der Waals surface area contributed by atoms with Crippen LogP contribution in [0.15, 0.2) is 29.4 Å². The number of imide groups is 1. The third kappa shape index (κ3) is 2.13. The summed E-state index contributed by atoms with van der Waals surface area (Å²) in [7, 11) is 2.55. The number of benzene rings is 1. The van der Waals surface area contributed by atoms with E-state index >= 15 is 0 Å². The Morgan fingerprint density at radius 3 is 2.42 bits per heavy atom. The molecule has 0 N–H and O–H groups in total. The molecular weight excluding hydrogens is 342 g/mol. The summed E-state index contributed by atoms with van der Waals surface area (Å²) in [6.45, 7) is 2.61. The average Bonchev–Trinajstić information content (AvgIpc) is 3.04. The van der Waals surface area contributed by atoms with Gasteiger partial charge in [-0.2, -0.15) is 5.10 Å². The summed E-state index contributed by atoms with van der Waals surface area (Å²) in [5, 5.41) is 4.79. The quantitative estimate of drug-likeness (QED) is 0.569. The van der Waals surface area contributed by atoms with Gasteiger partial charge in [0.15, 0.2) is 11.3 Å². The lowest BCUT2D eigenvalue weighted by molar-refractivity contribution is -0.142. The third-order valence-corrected chi connectivity index (χ3v) is 4.61. The first kappa shape index (κ1) is 17.6. The highest BCUT2D eigenvalue weighted by atomic mass is 16.5. The van der Waals surface area contributed by atoms with E-state index in [1.165, 1.54) is 21.0 Å². The number of hydrazone groups is 1. The van der Waals surface area contributed by atoms with Gasteiger partial charge in [0.25, 0.3) is 5.91 Å². The molecule has 26 heavy (non-hydrogen) atoms. The van der Waals surface area contributed by atoms with Crippen molar-refractivity contribution in [2.45, 2.75) is 19.4 Å². The molecule has 2 aliphatic heterocycles. The summed E-state index contributed by atoms with van der Waals surface area (Å²) >= 11 is 0. The smallest absolute Gasteiger partial charge is 0.355 e. The van der Waals surface area contributed by atoms with Crippen molar-refractivity contribution >= 4 is 35.1 Å². The number of para-hydroxylation sites is 2. The van der Waals surface area contributed by atoms with Crippen molar-refractivity contribution in [3.05, 3.63) is 24.3 Å². The molecule has 3 rings (SSSR count). The minimum Gasteiger partial charge on any atom is -0.495 e. The number of nitrogens with zero attached hydrogens (tertiary/aromatic N) is 3. The Morgan fingerprint density at radius 2 is 1.85 bits per heavy atom. The number of carbonyl (C=O) groups excluding carboxylic acids is 4. The molecule has 0 saturated carbocycles. The van der Waals surface area contributed by atoms with Crippen molar-refractivity contribution in [2.24, 2.45) is 11.0 Å². The molecule has 136 valence electrons. The Morgan fingerprint density at radius 1 is 1.19 bits per heavy atom. The summed E-state index contributed by atoms with van der Waals surface area (Å²) in [5.74, 6) is -3.72. The Balaban J connectivity index is 2.18. The van der Waals surface area contributed by atoms with E-state index in [-0.39, 0.29) is 11.4 Å². The van der Waals surface area contributed by atoms with E-state index in [4.69, 9.17) is 4.74 Å². The van der Waals surface area contributed by atoms with Crippen molar-refractivity contribution < 1.29 is 28.7 Å². The lowest BCUT2D eigenvalue weighted by atomic mass is 9.85. The maximum Gasteiger partial charge on any atom is 0.355 e. The molecule has 0 aromatic heterocycles. The molecular formula is C17H17N3O6. The lowest BCUT2D eigenvalue weighted by Crippen LogP contribution is -2.52. The largest absolute Gasteiger partial charge is 0.495 e. The molecule has 0 aliphatic carbocycles. The topological polar surface area (TPSA) is 106 Å². The van der Waals surface area contributed by atoms with Crippen molar-refractivity contribution in [2.75, 3.05) is 19.1 Å². The first-order chi connectivity index (χ1) is 12.3. The van der Waals surface area contributed by atoms with Crippen LogP contribution in [-0.2, 0) is 23.9 Å². The summed E-state index contributed by atoms with van der Waals surface area (Å²) in [6.07, 6.45) is 0. The molecule has 9 nitrogen and oxygen atoms in total. The highest BCUT2D eigenvalue weighted by Crippen LogP contribution is 2.45. The van der Waals surface area contributed by atoms with Gasteiger partial charge in [-0.05, 0) is 19.1 Å². The first-order valence-electron chi connectivity index (χ1n) is 7.78. The summed E-state index contributed by atoms with van der Waals surface area (Å²) < 4.78 is 9.90. The number of amides is 3. The van der Waals surface area contributed by atoms with Gasteiger partial charge in [-0.1, -0.05) is 12.1 Å². The standard InChI is InChI=1S/C17H17N3O6/c1-9(21)20-17(2)12(13(18-20)15(23)26-4)14(22)19(16(17)24)10-7-5-6-8-11(10)25-3/h5-8,12H,1-4H3. The second kappa shape index (κ2) is 5.94. The van der Waals surface area contributed by atoms with Gasteiger partial charge in [-0.15, -0.1) is 0 Å². The predicted octanol–water partition coefficient (Wildman–Crippen LogP) is 0.334. The lowest BCUT2D eigenvalue weighted by Gasteiger charge is -2.29. The van der Waals surface area contributed by atoms with E-state index < -0.39 is 35.1 Å². The molecule has 3 amide bonds. The van der Waals surface area contributed by atoms with Crippen molar-refractivity contribution in [1.29, 1.82) is 0 Å². The molecule has 0 radical (unpaired) electrons. The third-order valence-electron chi connectivity index (χ3n) is 4.61. The minimum absolute atomic E-state index is 0.230. The van der Waals surface area contributed by atoms with E-state index in [0.717, 1.165) is 17.0 Å². The van der Waals surface area contributed by atoms with Crippen LogP contribution in [0.2, 0.25) is 0 Å². The number of hydrogen-bond donors (Lipinski definition) is 0. The van der Waals surface area contributed by atoms with Crippen molar-refractivity contribution in [1.82, 2.24) is 5.01 Å². The number of fused-ring (bicyclic) bond motifs is 1. The first-order valence-corrected chi connectivity index (χ1v) is 7.78. The Kier molecular flexibility index (Phi) is 4.02. The maximum absolute atomic E-state index is 13.2. The number of ether oxygens (including phenoxy) is 2. The number of methoxy groups -OCH3 is 2. The zero-order valence-corrected chi connectivity index (χ0v) is 14.7. The van der Waals surface area contributed by atoms with E-state index in [1.807, 2.05) is 0 Å². The van der Waals surface area contributed by atoms with E-state index in [1.54, 1.807) is 24.3 Å². The molecule has 0 bridgehead atoms. The fourth-order valence-electron chi connectivity index (χ4n) is 3.39. The van der Waals surface area contributed by atoms with Gasteiger partial charge >= 0.3 is 5.97 Å². The van der Waals surface area contributed by atoms with Crippen LogP contribution in [0.25, 0.3) is 0 Å². The zero-order valence-electron chi connectivity index (χ0n) is 14.7. The van der Waals surface area contributed by atoms with Crippen LogP contribution in [0.3, 0.4) is 0 Å². The van der Waals surface area contributed by atoms with Gasteiger partial charge in [-0.3, -0.25) is 14.4 Å². The van der Waals surface area contributed by atoms with Gasteiger partial charge in [0, 0.05) is 6.92 Å². The normalized spacial score (nSPS) is 24.5. The molecule has 1 aromatic carbocycles. The van der Waals surface area contributed by atoms with Crippen LogP contribution in [0.5, 0.6) is 5.75 Å². The van der Waals surface area contributed by atoms with Gasteiger partial charge in [-0.25, -0.2) is 14.7 Å². The number of hydrogen-bond acceptors (Lipinski definition) is 7. The van der Waals surface area contributed by atoms with Crippen molar-refractivity contribution in [3.8, 4) is 5.75 Å². The number of esters is 1. The van der Waals surface area contributed by atoms with E-state index in [9.17, 15) is 19.2 Å². The van der Waals surface area contributed by atoms with Crippen LogP contribution in [-0.4, -0.2) is 54.2 Å². The van der Waals surface area contributed by atoms with Crippen LogP contribution < -0.4 is 9.64 Å². The van der Waals surface area contributed by atoms with Crippen molar-refractivity contribution in [3.63, 3.8) is 0 Å². The number of carbonyl (C=O) groups is 4. The monoisotopic (exact) mass is 359 g/mol. The summed E-state index contributed by atoms with van der Waals surface area (Å²) in [5.41, 5.74) is -1.69. The summed E-state index contributed by atoms with van der Waals surface area (Å²) in [6, 6.07) is 6.49. The second-order valence-corrected chi connectivity index (χ2v) is 6.04. The molecule has 0 spiro atoms. The van der Waals surface area contributed by atoms with Crippen LogP contribution in [0.4, 0.5) is 5.69 Å². The maximum atomic E-state index is 13.2. The second-order valence-electron chi connectivity index (χ2n) is 6.04. The number of rotatable bonds is 3. The molecule has 2 aliphatic rings. The van der Waals surface area contributed by atoms with Gasteiger partial charge in [0.1, 0.15) is 11.7 Å². The highest BCUT2D eigenvalue weighted by molar-refractivity contribution is 6.47. The summed E-state index contributed by atoms with van der Waals surface area (Å²) in [4.78, 5) is 51.3. The molecule has 2 heterocycles. The Hall–Kier alpha value is -3.23. The molecule has 2 unspecified atom stereocenters. The van der Waals surface area contributed by atoms with Crippen LogP contribution >= 0.6 is 0 Å². The highest BCUT2D eigenvalue weighted by Gasteiger charge is 2.68. The van der Waals surface area contributed by atoms with Gasteiger partial charge < -0.3 is 9.47 Å². The number of anilines is 1. The molecule has 9 heteroatoms. The van der Waals surface area contributed by atoms with Crippen LogP contribution in [0.1, 0.15) is 13.8 Å². The Bertz CT molecular complexity index is 864. The van der Waals surface area contributed by atoms with Crippen LogP contribution in [0, 0.1) is 5.92 Å². The SMILES string of the molecule is COC(=O)C1=NN(C(C)=O)C2(C)C(=O)N(c3ccccc3OC)C(=O)C12. The fraction of sp³-hybridized carbons (Fsp3) is 0.353. The predicted molar refractivity (Wildman–Crippen MR) is 89.4 cm³/mol. The average molecular weight is 359 g/mol. The van der Waals surface area contributed by atoms with Gasteiger partial charge in [0.2, 0.25) is 11.8 Å².